The lowest BCUT2D eigenvalue weighted by atomic mass is 10.0. The Kier molecular flexibility index (Phi) is 4.27. The van der Waals surface area contributed by atoms with Crippen molar-refractivity contribution in [2.24, 2.45) is 0 Å². The van der Waals surface area contributed by atoms with Gasteiger partial charge in [0.15, 0.2) is 0 Å². The van der Waals surface area contributed by atoms with E-state index in [9.17, 15) is 0 Å². The summed E-state index contributed by atoms with van der Waals surface area (Å²) in [6, 6.07) is 15.5. The topological polar surface area (TPSA) is 12.5 Å². The van der Waals surface area contributed by atoms with E-state index < -0.39 is 0 Å². The number of hydrogen-bond acceptors (Lipinski definition) is 2. The lowest BCUT2D eigenvalue weighted by Crippen LogP contribution is -2.38. The highest BCUT2D eigenvalue weighted by Crippen LogP contribution is 2.36. The minimum Gasteiger partial charge on any atom is -0.286 e. The predicted molar refractivity (Wildman–Crippen MR) is 82.0 cm³/mol. The molecule has 104 valence electrons. The second-order valence-corrected chi connectivity index (χ2v) is 5.63. The molecule has 0 spiro atoms. The van der Waals surface area contributed by atoms with Gasteiger partial charge in [-0.05, 0) is 18.6 Å². The molecule has 1 saturated heterocycles. The van der Waals surface area contributed by atoms with Crippen LogP contribution in [0.1, 0.15) is 23.7 Å². The zero-order valence-corrected chi connectivity index (χ0v) is 12.4. The molecule has 0 aromatic heterocycles. The van der Waals surface area contributed by atoms with Gasteiger partial charge in [-0.25, -0.2) is 0 Å². The number of nitrogens with zero attached hydrogens (tertiary/aromatic N) is 1. The molecule has 2 nitrogen and oxygen atoms in total. The van der Waals surface area contributed by atoms with Gasteiger partial charge in [0, 0.05) is 34.3 Å². The molecule has 1 heterocycles. The van der Waals surface area contributed by atoms with Crippen molar-refractivity contribution in [3.8, 4) is 0 Å². The molecule has 1 aliphatic rings. The first kappa shape index (κ1) is 13.9. The zero-order chi connectivity index (χ0) is 13.9. The number of rotatable bonds is 4. The van der Waals surface area contributed by atoms with Gasteiger partial charge in [0.1, 0.15) is 6.10 Å². The van der Waals surface area contributed by atoms with Crippen LogP contribution in [-0.4, -0.2) is 18.2 Å². The summed E-state index contributed by atoms with van der Waals surface area (Å²) in [5.74, 6) is 0. The molecule has 2 aromatic rings. The van der Waals surface area contributed by atoms with E-state index in [1.54, 1.807) is 0 Å². The summed E-state index contributed by atoms with van der Waals surface area (Å²) >= 11 is 12.6. The normalized spacial score (nSPS) is 15.3. The molecule has 0 aliphatic carbocycles. The fourth-order valence-corrected chi connectivity index (χ4v) is 2.67. The first-order valence-corrected chi connectivity index (χ1v) is 7.42. The average molecular weight is 308 g/mol. The van der Waals surface area contributed by atoms with Crippen molar-refractivity contribution >= 4 is 23.2 Å². The molecule has 0 saturated carbocycles. The Hall–Kier alpha value is -1.06. The third-order valence-corrected chi connectivity index (χ3v) is 4.13. The van der Waals surface area contributed by atoms with Gasteiger partial charge in [-0.3, -0.25) is 4.84 Å². The highest BCUT2D eigenvalue weighted by molar-refractivity contribution is 6.32. The highest BCUT2D eigenvalue weighted by atomic mass is 35.5. The molecule has 0 bridgehead atoms. The molecule has 3 rings (SSSR count). The Bertz CT molecular complexity index is 553. The molecule has 0 radical (unpaired) electrons. The Balaban J connectivity index is 1.99. The number of hydrogen-bond donors (Lipinski definition) is 0. The molecule has 0 atom stereocenters. The molecule has 20 heavy (non-hydrogen) atoms. The Morgan fingerprint density at radius 2 is 1.35 bits per heavy atom. The third kappa shape index (κ3) is 2.84. The van der Waals surface area contributed by atoms with Crippen molar-refractivity contribution in [2.75, 3.05) is 13.1 Å². The summed E-state index contributed by atoms with van der Waals surface area (Å²) in [6.45, 7) is 1.90. The summed E-state index contributed by atoms with van der Waals surface area (Å²) in [5.41, 5.74) is 1.88. The molecule has 1 aliphatic heterocycles. The fraction of sp³-hybridized carbons (Fsp3) is 0.250. The maximum absolute atomic E-state index is 6.32. The maximum atomic E-state index is 6.32. The van der Waals surface area contributed by atoms with E-state index >= 15 is 0 Å². The lowest BCUT2D eigenvalue weighted by Gasteiger charge is -2.34. The highest BCUT2D eigenvalue weighted by Gasteiger charge is 2.25. The van der Waals surface area contributed by atoms with Gasteiger partial charge >= 0.3 is 0 Å². The average Bonchev–Trinajstić information content (AvgIpc) is 2.40. The molecule has 0 amide bonds. The smallest absolute Gasteiger partial charge is 0.132 e. The third-order valence-electron chi connectivity index (χ3n) is 3.44. The van der Waals surface area contributed by atoms with Crippen LogP contribution in [-0.2, 0) is 4.84 Å². The first-order valence-electron chi connectivity index (χ1n) is 6.66. The van der Waals surface area contributed by atoms with Crippen LogP contribution in [0, 0.1) is 0 Å². The van der Waals surface area contributed by atoms with Crippen LogP contribution in [0.3, 0.4) is 0 Å². The van der Waals surface area contributed by atoms with Crippen LogP contribution < -0.4 is 0 Å². The molecular weight excluding hydrogens is 293 g/mol. The van der Waals surface area contributed by atoms with Gasteiger partial charge in [0.05, 0.1) is 0 Å². The van der Waals surface area contributed by atoms with E-state index in [1.807, 2.05) is 53.6 Å². The lowest BCUT2D eigenvalue weighted by molar-refractivity contribution is -0.222. The monoisotopic (exact) mass is 307 g/mol. The summed E-state index contributed by atoms with van der Waals surface area (Å²) in [6.07, 6.45) is 0.898. The van der Waals surface area contributed by atoms with E-state index in [1.165, 1.54) is 0 Å². The van der Waals surface area contributed by atoms with Crippen molar-refractivity contribution in [2.45, 2.75) is 12.5 Å². The first-order chi connectivity index (χ1) is 9.75. The Morgan fingerprint density at radius 3 is 1.75 bits per heavy atom. The van der Waals surface area contributed by atoms with Crippen LogP contribution in [0.2, 0.25) is 10.0 Å². The predicted octanol–water partition coefficient (Wildman–Crippen LogP) is 4.72. The summed E-state index contributed by atoms with van der Waals surface area (Å²) in [4.78, 5) is 6.08. The SMILES string of the molecule is Clc1ccccc1C(ON1CCC1)c1ccccc1Cl. The standard InChI is InChI=1S/C16H15Cl2NO/c17-14-8-3-1-6-12(14)16(20-19-10-5-11-19)13-7-2-4-9-15(13)18/h1-4,6-9,16H,5,10-11H2. The summed E-state index contributed by atoms with van der Waals surface area (Å²) in [7, 11) is 0. The Labute approximate surface area is 128 Å². The second-order valence-electron chi connectivity index (χ2n) is 4.81. The van der Waals surface area contributed by atoms with Crippen LogP contribution >= 0.6 is 23.2 Å². The van der Waals surface area contributed by atoms with Gasteiger partial charge in [0.2, 0.25) is 0 Å². The quantitative estimate of drug-likeness (QED) is 0.810. The largest absolute Gasteiger partial charge is 0.286 e. The van der Waals surface area contributed by atoms with Crippen molar-refractivity contribution in [1.29, 1.82) is 0 Å². The number of halogens is 2. The van der Waals surface area contributed by atoms with Gasteiger partial charge in [0.25, 0.3) is 0 Å². The van der Waals surface area contributed by atoms with E-state index in [2.05, 4.69) is 0 Å². The number of hydroxylamine groups is 2. The van der Waals surface area contributed by atoms with E-state index in [-0.39, 0.29) is 6.10 Å². The van der Waals surface area contributed by atoms with Crippen molar-refractivity contribution in [1.82, 2.24) is 5.06 Å². The van der Waals surface area contributed by atoms with Gasteiger partial charge in [-0.2, -0.15) is 5.06 Å². The molecule has 1 fully saturated rings. The summed E-state index contributed by atoms with van der Waals surface area (Å²) in [5, 5.41) is 3.34. The van der Waals surface area contributed by atoms with E-state index in [0.717, 1.165) is 30.6 Å². The zero-order valence-electron chi connectivity index (χ0n) is 10.9. The molecular formula is C16H15Cl2NO. The number of benzene rings is 2. The van der Waals surface area contributed by atoms with Crippen molar-refractivity contribution < 1.29 is 4.84 Å². The van der Waals surface area contributed by atoms with E-state index in [4.69, 9.17) is 28.0 Å². The van der Waals surface area contributed by atoms with Crippen molar-refractivity contribution in [3.05, 3.63) is 69.7 Å². The van der Waals surface area contributed by atoms with Crippen LogP contribution in [0.5, 0.6) is 0 Å². The van der Waals surface area contributed by atoms with Gasteiger partial charge < -0.3 is 0 Å². The van der Waals surface area contributed by atoms with Crippen molar-refractivity contribution in [3.63, 3.8) is 0 Å². The molecule has 0 N–H and O–H groups in total. The van der Waals surface area contributed by atoms with Crippen LogP contribution in [0.15, 0.2) is 48.5 Å². The van der Waals surface area contributed by atoms with Gasteiger partial charge in [-0.15, -0.1) is 0 Å². The maximum Gasteiger partial charge on any atom is 0.132 e. The van der Waals surface area contributed by atoms with E-state index in [0.29, 0.717) is 10.0 Å². The minimum absolute atomic E-state index is 0.266. The van der Waals surface area contributed by atoms with Crippen LogP contribution in [0.4, 0.5) is 0 Å². The Morgan fingerprint density at radius 1 is 0.850 bits per heavy atom. The minimum atomic E-state index is -0.266. The summed E-state index contributed by atoms with van der Waals surface area (Å²) < 4.78 is 0. The molecule has 4 heteroatoms. The second kappa shape index (κ2) is 6.15. The van der Waals surface area contributed by atoms with Crippen LogP contribution in [0.25, 0.3) is 0 Å². The molecule has 0 unspecified atom stereocenters. The van der Waals surface area contributed by atoms with Gasteiger partial charge in [-0.1, -0.05) is 59.6 Å². The molecule has 2 aromatic carbocycles. The fourth-order valence-electron chi connectivity index (χ4n) is 2.20.